The Morgan fingerprint density at radius 1 is 1.17 bits per heavy atom. The lowest BCUT2D eigenvalue weighted by Gasteiger charge is -2.38. The fourth-order valence-corrected chi connectivity index (χ4v) is 2.23. The summed E-state index contributed by atoms with van der Waals surface area (Å²) in [6.45, 7) is 0.232. The molecule has 0 radical (unpaired) electrons. The van der Waals surface area contributed by atoms with E-state index in [0.717, 1.165) is 11.3 Å². The van der Waals surface area contributed by atoms with E-state index in [4.69, 9.17) is 19.7 Å². The summed E-state index contributed by atoms with van der Waals surface area (Å²) >= 11 is 0. The summed E-state index contributed by atoms with van der Waals surface area (Å²) in [4.78, 5) is 2.54. The number of aliphatic hydroxyl groups is 3. The average molecular weight is 325 g/mol. The lowest BCUT2D eigenvalue weighted by Crippen LogP contribution is -2.58. The normalized spacial score (nSPS) is 30.5. The third-order valence-electron chi connectivity index (χ3n) is 3.56. The number of ether oxygens (including phenoxy) is 3. The van der Waals surface area contributed by atoms with Gasteiger partial charge in [0.25, 0.3) is 0 Å². The second-order valence-electron chi connectivity index (χ2n) is 5.10. The monoisotopic (exact) mass is 325 g/mol. The minimum atomic E-state index is -1.49. The van der Waals surface area contributed by atoms with Crippen molar-refractivity contribution in [3.8, 4) is 5.75 Å². The standard InChI is InChI=1S/C14H19N3O6/c1-21-9-4-2-8(3-5-9)6-22-7-10-11(18)12(19)13(20)14(23-10)16-17-15/h2-5,10-14,18-20H,6-7H2,1H3/t10-,11-,12+,13-,14-/m1/s1. The first-order valence-electron chi connectivity index (χ1n) is 7.01. The van der Waals surface area contributed by atoms with Crippen molar-refractivity contribution in [3.05, 3.63) is 40.3 Å². The van der Waals surface area contributed by atoms with Crippen molar-refractivity contribution in [2.24, 2.45) is 5.11 Å². The molecule has 0 aliphatic carbocycles. The van der Waals surface area contributed by atoms with Gasteiger partial charge in [-0.2, -0.15) is 0 Å². The molecule has 1 fully saturated rings. The van der Waals surface area contributed by atoms with E-state index in [9.17, 15) is 15.3 Å². The van der Waals surface area contributed by atoms with E-state index in [-0.39, 0.29) is 13.2 Å². The van der Waals surface area contributed by atoms with Crippen LogP contribution in [0.5, 0.6) is 5.75 Å². The molecule has 0 amide bonds. The number of aliphatic hydroxyl groups excluding tert-OH is 3. The maximum Gasteiger partial charge on any atom is 0.165 e. The van der Waals surface area contributed by atoms with E-state index >= 15 is 0 Å². The third-order valence-corrected chi connectivity index (χ3v) is 3.56. The first-order valence-corrected chi connectivity index (χ1v) is 7.01. The fraction of sp³-hybridized carbons (Fsp3) is 0.571. The molecule has 1 aromatic carbocycles. The quantitative estimate of drug-likeness (QED) is 0.391. The van der Waals surface area contributed by atoms with Crippen molar-refractivity contribution in [1.29, 1.82) is 0 Å². The van der Waals surface area contributed by atoms with Gasteiger partial charge in [-0.15, -0.1) is 0 Å². The number of hydrogen-bond acceptors (Lipinski definition) is 7. The highest BCUT2D eigenvalue weighted by Gasteiger charge is 2.43. The molecule has 126 valence electrons. The number of rotatable bonds is 6. The van der Waals surface area contributed by atoms with Gasteiger partial charge in [0.15, 0.2) is 6.23 Å². The number of azide groups is 1. The van der Waals surface area contributed by atoms with Crippen molar-refractivity contribution in [2.75, 3.05) is 13.7 Å². The van der Waals surface area contributed by atoms with Gasteiger partial charge < -0.3 is 29.5 Å². The van der Waals surface area contributed by atoms with Crippen molar-refractivity contribution < 1.29 is 29.5 Å². The van der Waals surface area contributed by atoms with Crippen LogP contribution in [0.3, 0.4) is 0 Å². The smallest absolute Gasteiger partial charge is 0.165 e. The second-order valence-corrected chi connectivity index (χ2v) is 5.10. The number of benzene rings is 1. The summed E-state index contributed by atoms with van der Waals surface area (Å²) in [5, 5.41) is 32.6. The summed E-state index contributed by atoms with van der Waals surface area (Å²) in [7, 11) is 1.58. The van der Waals surface area contributed by atoms with Crippen LogP contribution < -0.4 is 4.74 Å². The first-order chi connectivity index (χ1) is 11.1. The van der Waals surface area contributed by atoms with Crippen LogP contribution in [0.4, 0.5) is 0 Å². The van der Waals surface area contributed by atoms with Crippen molar-refractivity contribution in [2.45, 2.75) is 37.3 Å². The molecule has 2 rings (SSSR count). The Morgan fingerprint density at radius 2 is 1.87 bits per heavy atom. The molecule has 0 spiro atoms. The summed E-state index contributed by atoms with van der Waals surface area (Å²) < 4.78 is 15.8. The molecule has 1 saturated heterocycles. The van der Waals surface area contributed by atoms with Crippen LogP contribution in [-0.2, 0) is 16.1 Å². The minimum absolute atomic E-state index is 0.0333. The zero-order valence-corrected chi connectivity index (χ0v) is 12.5. The maximum atomic E-state index is 9.89. The number of hydrogen-bond donors (Lipinski definition) is 3. The molecular formula is C14H19N3O6. The highest BCUT2D eigenvalue weighted by Crippen LogP contribution is 2.23. The Morgan fingerprint density at radius 3 is 2.48 bits per heavy atom. The van der Waals surface area contributed by atoms with Crippen LogP contribution in [0.1, 0.15) is 5.56 Å². The molecule has 9 nitrogen and oxygen atoms in total. The van der Waals surface area contributed by atoms with Gasteiger partial charge in [-0.05, 0) is 23.2 Å². The highest BCUT2D eigenvalue weighted by molar-refractivity contribution is 5.26. The van der Waals surface area contributed by atoms with Crippen LogP contribution in [0.15, 0.2) is 29.4 Å². The van der Waals surface area contributed by atoms with E-state index in [1.54, 1.807) is 19.2 Å². The number of methoxy groups -OCH3 is 1. The van der Waals surface area contributed by atoms with Crippen LogP contribution in [0.25, 0.3) is 10.4 Å². The first kappa shape index (κ1) is 17.5. The van der Waals surface area contributed by atoms with Crippen molar-refractivity contribution in [1.82, 2.24) is 0 Å². The summed E-state index contributed by atoms with van der Waals surface area (Å²) in [6.07, 6.45) is -6.49. The molecule has 0 saturated carbocycles. The Labute approximate surface area is 132 Å². The summed E-state index contributed by atoms with van der Waals surface area (Å²) in [6, 6.07) is 7.25. The minimum Gasteiger partial charge on any atom is -0.497 e. The average Bonchev–Trinajstić information content (AvgIpc) is 2.57. The Hall–Kier alpha value is -1.87. The lowest BCUT2D eigenvalue weighted by atomic mass is 9.99. The topological polar surface area (TPSA) is 137 Å². The molecule has 1 aliphatic rings. The highest BCUT2D eigenvalue weighted by atomic mass is 16.6. The molecule has 9 heteroatoms. The van der Waals surface area contributed by atoms with Crippen LogP contribution in [0.2, 0.25) is 0 Å². The van der Waals surface area contributed by atoms with Crippen LogP contribution >= 0.6 is 0 Å². The molecule has 0 bridgehead atoms. The largest absolute Gasteiger partial charge is 0.497 e. The second kappa shape index (κ2) is 8.11. The summed E-state index contributed by atoms with van der Waals surface area (Å²) in [5.41, 5.74) is 9.32. The van der Waals surface area contributed by atoms with Gasteiger partial charge in [0, 0.05) is 4.91 Å². The van der Waals surface area contributed by atoms with E-state index in [0.29, 0.717) is 0 Å². The Kier molecular flexibility index (Phi) is 6.17. The van der Waals surface area contributed by atoms with Crippen LogP contribution in [-0.4, -0.2) is 59.7 Å². The molecule has 0 aromatic heterocycles. The van der Waals surface area contributed by atoms with Crippen LogP contribution in [0, 0.1) is 0 Å². The Balaban J connectivity index is 1.89. The third kappa shape index (κ3) is 4.32. The lowest BCUT2D eigenvalue weighted by molar-refractivity contribution is -0.231. The maximum absolute atomic E-state index is 9.89. The van der Waals surface area contributed by atoms with E-state index in [1.165, 1.54) is 0 Å². The predicted molar refractivity (Wildman–Crippen MR) is 78.5 cm³/mol. The van der Waals surface area contributed by atoms with Crippen molar-refractivity contribution >= 4 is 0 Å². The van der Waals surface area contributed by atoms with E-state index in [2.05, 4.69) is 10.0 Å². The molecule has 1 aromatic rings. The SMILES string of the molecule is COc1ccc(COC[C@H]2O[C@@H](N=[N+]=[N-])[C@H](O)[C@@H](O)[C@@H]2O)cc1. The van der Waals surface area contributed by atoms with Gasteiger partial charge in [0.05, 0.1) is 20.3 Å². The van der Waals surface area contributed by atoms with Gasteiger partial charge in [0.2, 0.25) is 0 Å². The molecule has 23 heavy (non-hydrogen) atoms. The van der Waals surface area contributed by atoms with E-state index in [1.807, 2.05) is 12.1 Å². The molecule has 1 aliphatic heterocycles. The van der Waals surface area contributed by atoms with E-state index < -0.39 is 30.6 Å². The summed E-state index contributed by atoms with van der Waals surface area (Å²) in [5.74, 6) is 0.731. The van der Waals surface area contributed by atoms with Gasteiger partial charge in [0.1, 0.15) is 30.2 Å². The molecule has 5 atom stereocenters. The fourth-order valence-electron chi connectivity index (χ4n) is 2.23. The van der Waals surface area contributed by atoms with Gasteiger partial charge in [-0.3, -0.25) is 0 Å². The number of nitrogens with zero attached hydrogens (tertiary/aromatic N) is 3. The van der Waals surface area contributed by atoms with Gasteiger partial charge in [-0.25, -0.2) is 0 Å². The van der Waals surface area contributed by atoms with Gasteiger partial charge in [-0.1, -0.05) is 17.2 Å². The van der Waals surface area contributed by atoms with Crippen molar-refractivity contribution in [3.63, 3.8) is 0 Å². The predicted octanol–water partition coefficient (Wildman–Crippen LogP) is 0.330. The molecule has 3 N–H and O–H groups in total. The molecule has 1 heterocycles. The zero-order chi connectivity index (χ0) is 16.8. The Bertz CT molecular complexity index is 548. The van der Waals surface area contributed by atoms with Gasteiger partial charge >= 0.3 is 0 Å². The zero-order valence-electron chi connectivity index (χ0n) is 12.5. The molecule has 0 unspecified atom stereocenters. The molecular weight excluding hydrogens is 306 g/mol.